The highest BCUT2D eigenvalue weighted by atomic mass is 127. The summed E-state index contributed by atoms with van der Waals surface area (Å²) in [6.07, 6.45) is 2.93. The van der Waals surface area contributed by atoms with Crippen molar-refractivity contribution >= 4 is 45.0 Å². The minimum absolute atomic E-state index is 0.0801. The summed E-state index contributed by atoms with van der Waals surface area (Å²) in [5.41, 5.74) is 1.62. The molecule has 1 saturated carbocycles. The summed E-state index contributed by atoms with van der Waals surface area (Å²) < 4.78 is 21.8. The van der Waals surface area contributed by atoms with Gasteiger partial charge in [-0.3, -0.25) is 0 Å². The molecular weight excluding hydrogens is 546 g/mol. The molecule has 6 nitrogen and oxygen atoms in total. The van der Waals surface area contributed by atoms with Crippen molar-refractivity contribution in [2.45, 2.75) is 37.3 Å². The number of hydrogen-bond donors (Lipinski definition) is 1. The number of rotatable bonds is 7. The first kappa shape index (κ1) is 23.5. The van der Waals surface area contributed by atoms with E-state index in [1.165, 1.54) is 5.56 Å². The normalized spacial score (nSPS) is 17.7. The number of aliphatic hydroxyl groups is 1. The summed E-state index contributed by atoms with van der Waals surface area (Å²) >= 11 is 2.31. The highest BCUT2D eigenvalue weighted by molar-refractivity contribution is 14.1. The van der Waals surface area contributed by atoms with Gasteiger partial charge in [-0.15, -0.1) is 0 Å². The van der Waals surface area contributed by atoms with Gasteiger partial charge in [0.1, 0.15) is 11.6 Å². The van der Waals surface area contributed by atoms with Crippen LogP contribution in [0.3, 0.4) is 0 Å². The van der Waals surface area contributed by atoms with Crippen LogP contribution in [0, 0.1) is 3.57 Å². The van der Waals surface area contributed by atoms with E-state index in [9.17, 15) is 5.11 Å². The van der Waals surface area contributed by atoms with E-state index in [1.54, 1.807) is 7.11 Å². The van der Waals surface area contributed by atoms with Gasteiger partial charge in [0.05, 0.1) is 19.2 Å². The summed E-state index contributed by atoms with van der Waals surface area (Å²) in [6, 6.07) is 12.4. The molecule has 1 aliphatic carbocycles. The van der Waals surface area contributed by atoms with Gasteiger partial charge in [-0.1, -0.05) is 6.07 Å². The molecule has 1 N–H and O–H groups in total. The minimum atomic E-state index is -1.39. The molecule has 0 unspecified atom stereocenters. The third-order valence-corrected chi connectivity index (χ3v) is 7.73. The van der Waals surface area contributed by atoms with E-state index in [0.717, 1.165) is 57.7 Å². The highest BCUT2D eigenvalue weighted by Crippen LogP contribution is 2.49. The number of anilines is 2. The van der Waals surface area contributed by atoms with Crippen LogP contribution in [0.5, 0.6) is 5.75 Å². The number of ether oxygens (including phenoxy) is 1. The average Bonchev–Trinajstić information content (AvgIpc) is 3.61. The van der Waals surface area contributed by atoms with Crippen molar-refractivity contribution in [3.8, 4) is 5.75 Å². The highest BCUT2D eigenvalue weighted by Gasteiger charge is 2.48. The molecule has 1 aliphatic heterocycles. The number of halogens is 2. The standard InChI is InChI=1S/C26H30FIN4O2/c1-31(13-14-33)19-4-6-22-21(16-19)24(30-25(29-22)26(27)9-10-26)32-11-7-17(8-12-32)20-5-3-18(28)15-23(20)34-2/h3-6,15-17,33H,7-14H2,1-2H3. The van der Waals surface area contributed by atoms with Crippen LogP contribution in [0.15, 0.2) is 36.4 Å². The van der Waals surface area contributed by atoms with Crippen LogP contribution < -0.4 is 14.5 Å². The third-order valence-electron chi connectivity index (χ3n) is 7.05. The number of fused-ring (bicyclic) bond motifs is 1. The Hall–Kier alpha value is -2.20. The molecule has 0 radical (unpaired) electrons. The number of nitrogens with zero attached hydrogens (tertiary/aromatic N) is 4. The number of aliphatic hydroxyl groups excluding tert-OH is 1. The molecule has 2 aliphatic rings. The van der Waals surface area contributed by atoms with Crippen molar-refractivity contribution in [3.05, 3.63) is 51.4 Å². The molecule has 1 saturated heterocycles. The number of aromatic nitrogens is 2. The Kier molecular flexibility index (Phi) is 6.54. The van der Waals surface area contributed by atoms with E-state index in [0.29, 0.717) is 31.1 Å². The van der Waals surface area contributed by atoms with Crippen LogP contribution >= 0.6 is 22.6 Å². The molecule has 5 rings (SSSR count). The van der Waals surface area contributed by atoms with Crippen LogP contribution in [0.25, 0.3) is 10.9 Å². The number of hydrogen-bond acceptors (Lipinski definition) is 6. The molecule has 0 bridgehead atoms. The summed E-state index contributed by atoms with van der Waals surface area (Å²) in [6.45, 7) is 2.29. The first-order valence-corrected chi connectivity index (χ1v) is 12.9. The minimum Gasteiger partial charge on any atom is -0.496 e. The van der Waals surface area contributed by atoms with Crippen molar-refractivity contribution in [3.63, 3.8) is 0 Å². The molecular formula is C26H30FIN4O2. The smallest absolute Gasteiger partial charge is 0.170 e. The second-order valence-electron chi connectivity index (χ2n) is 9.33. The molecule has 2 aromatic carbocycles. The predicted octanol–water partition coefficient (Wildman–Crippen LogP) is 5.01. The topological polar surface area (TPSA) is 61.7 Å². The summed E-state index contributed by atoms with van der Waals surface area (Å²) in [4.78, 5) is 13.7. The van der Waals surface area contributed by atoms with Gasteiger partial charge in [0.15, 0.2) is 11.5 Å². The largest absolute Gasteiger partial charge is 0.496 e. The Morgan fingerprint density at radius 3 is 2.62 bits per heavy atom. The van der Waals surface area contributed by atoms with E-state index >= 15 is 4.39 Å². The van der Waals surface area contributed by atoms with Gasteiger partial charge in [-0.2, -0.15) is 0 Å². The van der Waals surface area contributed by atoms with Gasteiger partial charge >= 0.3 is 0 Å². The predicted molar refractivity (Wildman–Crippen MR) is 142 cm³/mol. The van der Waals surface area contributed by atoms with Crippen LogP contribution in [0.1, 0.15) is 43.0 Å². The number of likely N-dealkylation sites (N-methyl/N-ethyl adjacent to an activating group) is 1. The lowest BCUT2D eigenvalue weighted by atomic mass is 9.88. The maximum atomic E-state index is 15.0. The second-order valence-corrected chi connectivity index (χ2v) is 10.6. The number of methoxy groups -OCH3 is 1. The molecule has 2 fully saturated rings. The molecule has 0 atom stereocenters. The molecule has 3 aromatic rings. The van der Waals surface area contributed by atoms with E-state index in [2.05, 4.69) is 56.7 Å². The zero-order valence-electron chi connectivity index (χ0n) is 19.6. The molecule has 0 spiro atoms. The van der Waals surface area contributed by atoms with Crippen molar-refractivity contribution in [2.24, 2.45) is 0 Å². The first-order chi connectivity index (χ1) is 16.4. The van der Waals surface area contributed by atoms with Crippen LogP contribution in [-0.2, 0) is 5.67 Å². The molecule has 8 heteroatoms. The zero-order chi connectivity index (χ0) is 23.9. The lowest BCUT2D eigenvalue weighted by Gasteiger charge is -2.34. The lowest BCUT2D eigenvalue weighted by molar-refractivity contribution is 0.301. The van der Waals surface area contributed by atoms with E-state index < -0.39 is 5.67 Å². The van der Waals surface area contributed by atoms with Crippen molar-refractivity contribution in [2.75, 3.05) is 50.2 Å². The Morgan fingerprint density at radius 2 is 1.94 bits per heavy atom. The van der Waals surface area contributed by atoms with Crippen LogP contribution in [0.4, 0.5) is 15.9 Å². The fraction of sp³-hybridized carbons (Fsp3) is 0.462. The van der Waals surface area contributed by atoms with Gasteiger partial charge in [0.25, 0.3) is 0 Å². The van der Waals surface area contributed by atoms with Gasteiger partial charge < -0.3 is 19.6 Å². The third kappa shape index (κ3) is 4.54. The first-order valence-electron chi connectivity index (χ1n) is 11.8. The van der Waals surface area contributed by atoms with Crippen molar-refractivity contribution < 1.29 is 14.2 Å². The van der Waals surface area contributed by atoms with E-state index in [-0.39, 0.29) is 6.61 Å². The summed E-state index contributed by atoms with van der Waals surface area (Å²) in [7, 11) is 3.68. The van der Waals surface area contributed by atoms with Gasteiger partial charge in [-0.25, -0.2) is 14.4 Å². The Balaban J connectivity index is 1.47. The Bertz CT molecular complexity index is 1190. The van der Waals surface area contributed by atoms with Crippen LogP contribution in [0.2, 0.25) is 0 Å². The van der Waals surface area contributed by atoms with E-state index in [1.807, 2.05) is 24.1 Å². The Labute approximate surface area is 213 Å². The number of benzene rings is 2. The number of alkyl halides is 1. The molecule has 180 valence electrons. The van der Waals surface area contributed by atoms with Gasteiger partial charge in [-0.05, 0) is 90.1 Å². The lowest BCUT2D eigenvalue weighted by Crippen LogP contribution is -2.34. The fourth-order valence-corrected chi connectivity index (χ4v) is 5.28. The SMILES string of the molecule is COc1cc(I)ccc1C1CCN(c2nc(C3(F)CC3)nc3ccc(N(C)CCO)cc23)CC1. The summed E-state index contributed by atoms with van der Waals surface area (Å²) in [5, 5.41) is 10.3. The zero-order valence-corrected chi connectivity index (χ0v) is 21.8. The van der Waals surface area contributed by atoms with Crippen molar-refractivity contribution in [1.82, 2.24) is 9.97 Å². The second kappa shape index (κ2) is 9.45. The maximum Gasteiger partial charge on any atom is 0.170 e. The molecule has 34 heavy (non-hydrogen) atoms. The Morgan fingerprint density at radius 1 is 1.18 bits per heavy atom. The van der Waals surface area contributed by atoms with Gasteiger partial charge in [0, 0.05) is 41.3 Å². The molecule has 1 aromatic heterocycles. The maximum absolute atomic E-state index is 15.0. The van der Waals surface area contributed by atoms with Crippen LogP contribution in [-0.4, -0.2) is 55.5 Å². The van der Waals surface area contributed by atoms with Crippen molar-refractivity contribution in [1.29, 1.82) is 0 Å². The fourth-order valence-electron chi connectivity index (χ4n) is 4.82. The van der Waals surface area contributed by atoms with Gasteiger partial charge in [0.2, 0.25) is 0 Å². The average molecular weight is 576 g/mol. The molecule has 2 heterocycles. The summed E-state index contributed by atoms with van der Waals surface area (Å²) in [5.74, 6) is 2.49. The van der Waals surface area contributed by atoms with E-state index in [4.69, 9.17) is 9.72 Å². The molecule has 0 amide bonds. The quantitative estimate of drug-likeness (QED) is 0.399. The monoisotopic (exact) mass is 576 g/mol. The number of piperidine rings is 1.